The van der Waals surface area contributed by atoms with E-state index in [1.807, 2.05) is 24.3 Å². The van der Waals surface area contributed by atoms with Gasteiger partial charge in [-0.15, -0.1) is 0 Å². The normalized spacial score (nSPS) is 12.4. The number of benzene rings is 1. The van der Waals surface area contributed by atoms with Gasteiger partial charge >= 0.3 is 0 Å². The topological polar surface area (TPSA) is 38.9 Å². The molecule has 0 fully saturated rings. The Bertz CT molecular complexity index is 439. The third-order valence-electron chi connectivity index (χ3n) is 2.50. The molecule has 2 rings (SSSR count). The van der Waals surface area contributed by atoms with Gasteiger partial charge < -0.3 is 5.73 Å². The van der Waals surface area contributed by atoms with Crippen molar-refractivity contribution in [2.24, 2.45) is 5.73 Å². The summed E-state index contributed by atoms with van der Waals surface area (Å²) in [5.41, 5.74) is 8.51. The van der Waals surface area contributed by atoms with Gasteiger partial charge in [0, 0.05) is 22.9 Å². The first-order valence-corrected chi connectivity index (χ1v) is 5.95. The van der Waals surface area contributed by atoms with Crippen molar-refractivity contribution in [3.05, 3.63) is 64.4 Å². The van der Waals surface area contributed by atoms with Crippen molar-refractivity contribution in [3.8, 4) is 0 Å². The molecule has 0 spiro atoms. The second kappa shape index (κ2) is 5.23. The lowest BCUT2D eigenvalue weighted by Crippen LogP contribution is -2.13. The molecule has 0 radical (unpaired) electrons. The number of hydrogen-bond acceptors (Lipinski definition) is 2. The van der Waals surface area contributed by atoms with E-state index >= 15 is 0 Å². The van der Waals surface area contributed by atoms with Crippen molar-refractivity contribution in [2.45, 2.75) is 12.5 Å². The number of hydrogen-bond donors (Lipinski definition) is 1. The van der Waals surface area contributed by atoms with E-state index in [4.69, 9.17) is 5.73 Å². The van der Waals surface area contributed by atoms with E-state index in [1.165, 1.54) is 5.56 Å². The number of halogens is 1. The van der Waals surface area contributed by atoms with Crippen LogP contribution in [0.1, 0.15) is 17.2 Å². The fraction of sp³-hybridized carbons (Fsp3) is 0.154. The molecule has 3 heteroatoms. The molecule has 1 aromatic heterocycles. The van der Waals surface area contributed by atoms with Gasteiger partial charge in [-0.3, -0.25) is 4.98 Å². The Balaban J connectivity index is 2.09. The van der Waals surface area contributed by atoms with Crippen LogP contribution in [0.4, 0.5) is 0 Å². The molecule has 0 aliphatic heterocycles. The maximum Gasteiger partial charge on any atom is 0.0335 e. The minimum absolute atomic E-state index is 0.0375. The van der Waals surface area contributed by atoms with Gasteiger partial charge in [0.25, 0.3) is 0 Å². The molecule has 1 heterocycles. The lowest BCUT2D eigenvalue weighted by Gasteiger charge is -2.11. The second-order valence-electron chi connectivity index (χ2n) is 3.72. The van der Waals surface area contributed by atoms with Crippen LogP contribution in [0.25, 0.3) is 0 Å². The fourth-order valence-corrected chi connectivity index (χ4v) is 1.86. The van der Waals surface area contributed by atoms with Gasteiger partial charge in [0.1, 0.15) is 0 Å². The molecule has 16 heavy (non-hydrogen) atoms. The van der Waals surface area contributed by atoms with Crippen molar-refractivity contribution in [1.82, 2.24) is 4.98 Å². The lowest BCUT2D eigenvalue weighted by atomic mass is 10.0. The Morgan fingerprint density at radius 2 is 1.69 bits per heavy atom. The van der Waals surface area contributed by atoms with Crippen molar-refractivity contribution in [3.63, 3.8) is 0 Å². The summed E-state index contributed by atoms with van der Waals surface area (Å²) in [7, 11) is 0. The van der Waals surface area contributed by atoms with E-state index < -0.39 is 0 Å². The van der Waals surface area contributed by atoms with Crippen LogP contribution >= 0.6 is 15.9 Å². The van der Waals surface area contributed by atoms with Crippen molar-refractivity contribution >= 4 is 15.9 Å². The number of rotatable bonds is 3. The first kappa shape index (κ1) is 11.3. The van der Waals surface area contributed by atoms with Crippen molar-refractivity contribution in [2.75, 3.05) is 0 Å². The highest BCUT2D eigenvalue weighted by Crippen LogP contribution is 2.18. The van der Waals surface area contributed by atoms with Crippen LogP contribution in [0.3, 0.4) is 0 Å². The first-order valence-electron chi connectivity index (χ1n) is 5.15. The van der Waals surface area contributed by atoms with Crippen LogP contribution in [0.5, 0.6) is 0 Å². The van der Waals surface area contributed by atoms with E-state index in [0.717, 1.165) is 16.5 Å². The quantitative estimate of drug-likeness (QED) is 0.936. The molecule has 2 N–H and O–H groups in total. The van der Waals surface area contributed by atoms with E-state index in [0.29, 0.717) is 0 Å². The minimum Gasteiger partial charge on any atom is -0.324 e. The van der Waals surface area contributed by atoms with Crippen LogP contribution in [0, 0.1) is 0 Å². The van der Waals surface area contributed by atoms with Gasteiger partial charge in [-0.25, -0.2) is 0 Å². The van der Waals surface area contributed by atoms with Gasteiger partial charge in [-0.2, -0.15) is 0 Å². The Labute approximate surface area is 104 Å². The molecule has 82 valence electrons. The molecule has 0 amide bonds. The summed E-state index contributed by atoms with van der Waals surface area (Å²) in [6, 6.07) is 12.2. The molecule has 0 aliphatic carbocycles. The van der Waals surface area contributed by atoms with E-state index in [9.17, 15) is 0 Å². The molecule has 1 atom stereocenters. The third kappa shape index (κ3) is 2.90. The molecule has 1 aromatic carbocycles. The van der Waals surface area contributed by atoms with Crippen LogP contribution in [0.15, 0.2) is 53.3 Å². The maximum atomic E-state index is 6.14. The highest BCUT2D eigenvalue weighted by atomic mass is 79.9. The summed E-state index contributed by atoms with van der Waals surface area (Å²) in [6.45, 7) is 0. The smallest absolute Gasteiger partial charge is 0.0335 e. The van der Waals surface area contributed by atoms with Crippen LogP contribution in [0.2, 0.25) is 0 Å². The van der Waals surface area contributed by atoms with Gasteiger partial charge in [0.2, 0.25) is 0 Å². The zero-order valence-corrected chi connectivity index (χ0v) is 10.4. The monoisotopic (exact) mass is 276 g/mol. The number of pyridine rings is 1. The standard InChI is InChI=1S/C13H13BrN2/c14-12-3-1-11(2-4-12)13(15)9-10-5-7-16-8-6-10/h1-8,13H,9,15H2. The second-order valence-corrected chi connectivity index (χ2v) is 4.63. The zero-order valence-electron chi connectivity index (χ0n) is 8.81. The number of nitrogens with two attached hydrogens (primary N) is 1. The zero-order chi connectivity index (χ0) is 11.4. The van der Waals surface area contributed by atoms with Gasteiger partial charge in [0.05, 0.1) is 0 Å². The van der Waals surface area contributed by atoms with Gasteiger partial charge in [-0.1, -0.05) is 28.1 Å². The Morgan fingerprint density at radius 3 is 2.31 bits per heavy atom. The highest BCUT2D eigenvalue weighted by molar-refractivity contribution is 9.10. The largest absolute Gasteiger partial charge is 0.324 e. The van der Waals surface area contributed by atoms with Crippen molar-refractivity contribution < 1.29 is 0 Å². The molecule has 1 unspecified atom stereocenters. The Hall–Kier alpha value is -1.19. The lowest BCUT2D eigenvalue weighted by molar-refractivity contribution is 0.721. The summed E-state index contributed by atoms with van der Waals surface area (Å²) in [6.07, 6.45) is 4.43. The average molecular weight is 277 g/mol. The Kier molecular flexibility index (Phi) is 3.70. The summed E-state index contributed by atoms with van der Waals surface area (Å²) < 4.78 is 1.08. The van der Waals surface area contributed by atoms with Crippen LogP contribution in [-0.4, -0.2) is 4.98 Å². The SMILES string of the molecule is NC(Cc1ccncc1)c1ccc(Br)cc1. The van der Waals surface area contributed by atoms with E-state index in [2.05, 4.69) is 33.0 Å². The molecule has 2 nitrogen and oxygen atoms in total. The number of aromatic nitrogens is 1. The molecular weight excluding hydrogens is 264 g/mol. The first-order chi connectivity index (χ1) is 7.75. The molecule has 2 aromatic rings. The molecular formula is C13H13BrN2. The predicted molar refractivity (Wildman–Crippen MR) is 69.0 cm³/mol. The maximum absolute atomic E-state index is 6.14. The van der Waals surface area contributed by atoms with Gasteiger partial charge in [0.15, 0.2) is 0 Å². The van der Waals surface area contributed by atoms with E-state index in [1.54, 1.807) is 12.4 Å². The predicted octanol–water partition coefficient (Wildman–Crippen LogP) is 3.09. The molecule has 0 saturated carbocycles. The molecule has 0 bridgehead atoms. The van der Waals surface area contributed by atoms with Crippen molar-refractivity contribution in [1.29, 1.82) is 0 Å². The average Bonchev–Trinajstić information content (AvgIpc) is 2.31. The Morgan fingerprint density at radius 1 is 1.06 bits per heavy atom. The van der Waals surface area contributed by atoms with Crippen LogP contribution < -0.4 is 5.73 Å². The van der Waals surface area contributed by atoms with Crippen LogP contribution in [-0.2, 0) is 6.42 Å². The molecule has 0 saturated heterocycles. The summed E-state index contributed by atoms with van der Waals surface area (Å²) in [5.74, 6) is 0. The highest BCUT2D eigenvalue weighted by Gasteiger charge is 2.06. The minimum atomic E-state index is 0.0375. The summed E-state index contributed by atoms with van der Waals surface area (Å²) in [4.78, 5) is 3.99. The van der Waals surface area contributed by atoms with Gasteiger partial charge in [-0.05, 0) is 41.8 Å². The summed E-state index contributed by atoms with van der Waals surface area (Å²) in [5, 5.41) is 0. The molecule has 0 aliphatic rings. The third-order valence-corrected chi connectivity index (χ3v) is 3.03. The number of nitrogens with zero attached hydrogens (tertiary/aromatic N) is 1. The van der Waals surface area contributed by atoms with E-state index in [-0.39, 0.29) is 6.04 Å². The summed E-state index contributed by atoms with van der Waals surface area (Å²) >= 11 is 3.41. The fourth-order valence-electron chi connectivity index (χ4n) is 1.60.